The number of morpholine rings is 1. The molecule has 0 radical (unpaired) electrons. The first-order chi connectivity index (χ1) is 12.7. The van der Waals surface area contributed by atoms with Crippen LogP contribution in [-0.2, 0) is 14.3 Å². The molecule has 1 aliphatic rings. The lowest BCUT2D eigenvalue weighted by Crippen LogP contribution is -2.36. The van der Waals surface area contributed by atoms with Crippen molar-refractivity contribution >= 4 is 48.1 Å². The minimum absolute atomic E-state index is 0. The van der Waals surface area contributed by atoms with Crippen LogP contribution in [0.5, 0.6) is 0 Å². The topological polar surface area (TPSA) is 93.9 Å². The molecule has 0 unspecified atom stereocenters. The summed E-state index contributed by atoms with van der Waals surface area (Å²) in [6.07, 6.45) is 4.23. The monoisotopic (exact) mass is 435 g/mol. The number of halogens is 2. The van der Waals surface area contributed by atoms with Crippen LogP contribution in [0.3, 0.4) is 0 Å². The lowest BCUT2D eigenvalue weighted by atomic mass is 10.1. The number of esters is 1. The fourth-order valence-corrected chi connectivity index (χ4v) is 2.93. The molecule has 0 saturated carbocycles. The Labute approximate surface area is 179 Å². The molecule has 0 bridgehead atoms. The van der Waals surface area contributed by atoms with E-state index in [9.17, 15) is 9.59 Å². The molecule has 0 aromatic heterocycles. The molecule has 9 heteroatoms. The SMILES string of the molecule is COC(=O)c1cc(N2CCOCC2)ccc1NC(=O)CCCCCCN.Cl.Cl. The van der Waals surface area contributed by atoms with Crippen LogP contribution in [0.4, 0.5) is 11.4 Å². The third-order valence-electron chi connectivity index (χ3n) is 4.42. The average molecular weight is 436 g/mol. The molecule has 0 aliphatic carbocycles. The fourth-order valence-electron chi connectivity index (χ4n) is 2.93. The molecule has 1 aliphatic heterocycles. The molecule has 1 saturated heterocycles. The van der Waals surface area contributed by atoms with Gasteiger partial charge in [0.1, 0.15) is 0 Å². The molecule has 160 valence electrons. The minimum atomic E-state index is -0.460. The van der Waals surface area contributed by atoms with Crippen molar-refractivity contribution in [2.75, 3.05) is 50.2 Å². The summed E-state index contributed by atoms with van der Waals surface area (Å²) in [6, 6.07) is 5.45. The lowest BCUT2D eigenvalue weighted by Gasteiger charge is -2.29. The van der Waals surface area contributed by atoms with Crippen LogP contribution >= 0.6 is 24.8 Å². The van der Waals surface area contributed by atoms with Gasteiger partial charge in [-0.05, 0) is 37.6 Å². The predicted molar refractivity (Wildman–Crippen MR) is 116 cm³/mol. The number of benzene rings is 1. The molecule has 2 rings (SSSR count). The van der Waals surface area contributed by atoms with Gasteiger partial charge in [-0.2, -0.15) is 0 Å². The van der Waals surface area contributed by atoms with Crippen molar-refractivity contribution < 1.29 is 19.1 Å². The number of ether oxygens (including phenoxy) is 2. The summed E-state index contributed by atoms with van der Waals surface area (Å²) < 4.78 is 10.2. The van der Waals surface area contributed by atoms with E-state index in [0.29, 0.717) is 37.4 Å². The first-order valence-electron chi connectivity index (χ1n) is 9.20. The Kier molecular flexibility index (Phi) is 13.7. The Hall–Kier alpha value is -1.54. The largest absolute Gasteiger partial charge is 0.465 e. The van der Waals surface area contributed by atoms with Crippen molar-refractivity contribution in [1.29, 1.82) is 0 Å². The second-order valence-corrected chi connectivity index (χ2v) is 6.32. The quantitative estimate of drug-likeness (QED) is 0.457. The highest BCUT2D eigenvalue weighted by molar-refractivity contribution is 6.02. The average Bonchev–Trinajstić information content (AvgIpc) is 2.68. The summed E-state index contributed by atoms with van der Waals surface area (Å²) in [5, 5.41) is 2.84. The van der Waals surface area contributed by atoms with Crippen molar-refractivity contribution in [2.24, 2.45) is 5.73 Å². The zero-order valence-electron chi connectivity index (χ0n) is 16.3. The maximum atomic E-state index is 12.2. The van der Waals surface area contributed by atoms with Gasteiger partial charge in [0.05, 0.1) is 31.6 Å². The van der Waals surface area contributed by atoms with Gasteiger partial charge in [-0.25, -0.2) is 4.79 Å². The minimum Gasteiger partial charge on any atom is -0.465 e. The zero-order chi connectivity index (χ0) is 18.8. The molecule has 1 fully saturated rings. The van der Waals surface area contributed by atoms with Gasteiger partial charge in [-0.15, -0.1) is 24.8 Å². The van der Waals surface area contributed by atoms with E-state index in [-0.39, 0.29) is 30.7 Å². The van der Waals surface area contributed by atoms with E-state index in [1.807, 2.05) is 6.07 Å². The second-order valence-electron chi connectivity index (χ2n) is 6.32. The van der Waals surface area contributed by atoms with E-state index < -0.39 is 5.97 Å². The number of methoxy groups -OCH3 is 1. The number of amides is 1. The summed E-state index contributed by atoms with van der Waals surface area (Å²) in [5.41, 5.74) is 7.24. The highest BCUT2D eigenvalue weighted by atomic mass is 35.5. The molecular weight excluding hydrogens is 405 g/mol. The van der Waals surface area contributed by atoms with Crippen LogP contribution in [0.2, 0.25) is 0 Å². The summed E-state index contributed by atoms with van der Waals surface area (Å²) in [5.74, 6) is -0.555. The van der Waals surface area contributed by atoms with Gasteiger partial charge in [0.25, 0.3) is 0 Å². The molecule has 3 N–H and O–H groups in total. The second kappa shape index (κ2) is 14.5. The molecule has 7 nitrogen and oxygen atoms in total. The van der Waals surface area contributed by atoms with Gasteiger partial charge in [-0.3, -0.25) is 4.79 Å². The van der Waals surface area contributed by atoms with Crippen molar-refractivity contribution in [3.63, 3.8) is 0 Å². The molecule has 1 aromatic carbocycles. The summed E-state index contributed by atoms with van der Waals surface area (Å²) in [4.78, 5) is 26.5. The fraction of sp³-hybridized carbons (Fsp3) is 0.579. The third kappa shape index (κ3) is 8.22. The van der Waals surface area contributed by atoms with Crippen molar-refractivity contribution in [1.82, 2.24) is 0 Å². The van der Waals surface area contributed by atoms with Crippen LogP contribution in [0, 0.1) is 0 Å². The van der Waals surface area contributed by atoms with Crippen molar-refractivity contribution in [3.05, 3.63) is 23.8 Å². The summed E-state index contributed by atoms with van der Waals surface area (Å²) in [7, 11) is 1.34. The van der Waals surface area contributed by atoms with E-state index in [1.165, 1.54) is 7.11 Å². The van der Waals surface area contributed by atoms with E-state index in [2.05, 4.69) is 10.2 Å². The molecule has 1 heterocycles. The molecule has 0 atom stereocenters. The van der Waals surface area contributed by atoms with Gasteiger partial charge >= 0.3 is 5.97 Å². The van der Waals surface area contributed by atoms with Crippen molar-refractivity contribution in [3.8, 4) is 0 Å². The number of carbonyl (C=O) groups excluding carboxylic acids is 2. The molecule has 0 spiro atoms. The van der Waals surface area contributed by atoms with Gasteiger partial charge in [0, 0.05) is 25.2 Å². The van der Waals surface area contributed by atoms with Crippen LogP contribution in [0.15, 0.2) is 18.2 Å². The number of hydrogen-bond acceptors (Lipinski definition) is 6. The van der Waals surface area contributed by atoms with Gasteiger partial charge in [-0.1, -0.05) is 12.8 Å². The highest BCUT2D eigenvalue weighted by Gasteiger charge is 2.18. The number of nitrogens with one attached hydrogen (secondary N) is 1. The van der Waals surface area contributed by atoms with Gasteiger partial charge in [0.2, 0.25) is 5.91 Å². The Morgan fingerprint density at radius 1 is 1.14 bits per heavy atom. The number of anilines is 2. The molecule has 28 heavy (non-hydrogen) atoms. The molecule has 1 aromatic rings. The Bertz CT molecular complexity index is 611. The normalized spacial score (nSPS) is 13.1. The number of rotatable bonds is 9. The number of nitrogens with zero attached hydrogens (tertiary/aromatic N) is 1. The predicted octanol–water partition coefficient (Wildman–Crippen LogP) is 3.00. The van der Waals surface area contributed by atoms with E-state index in [1.54, 1.807) is 12.1 Å². The lowest BCUT2D eigenvalue weighted by molar-refractivity contribution is -0.116. The summed E-state index contributed by atoms with van der Waals surface area (Å²) >= 11 is 0. The van der Waals surface area contributed by atoms with Crippen LogP contribution in [0.25, 0.3) is 0 Å². The summed E-state index contributed by atoms with van der Waals surface area (Å²) in [6.45, 7) is 3.56. The van der Waals surface area contributed by atoms with Crippen LogP contribution in [0.1, 0.15) is 42.5 Å². The number of hydrogen-bond donors (Lipinski definition) is 2. The zero-order valence-corrected chi connectivity index (χ0v) is 17.9. The van der Waals surface area contributed by atoms with E-state index in [0.717, 1.165) is 44.5 Å². The Morgan fingerprint density at radius 3 is 2.46 bits per heavy atom. The van der Waals surface area contributed by atoms with Crippen LogP contribution < -0.4 is 16.0 Å². The maximum Gasteiger partial charge on any atom is 0.340 e. The first kappa shape index (κ1) is 26.5. The third-order valence-corrected chi connectivity index (χ3v) is 4.42. The van der Waals surface area contributed by atoms with Crippen molar-refractivity contribution in [2.45, 2.75) is 32.1 Å². The Balaban J connectivity index is 0.00000364. The highest BCUT2D eigenvalue weighted by Crippen LogP contribution is 2.25. The van der Waals surface area contributed by atoms with E-state index in [4.69, 9.17) is 15.2 Å². The first-order valence-corrected chi connectivity index (χ1v) is 9.20. The van der Waals surface area contributed by atoms with Gasteiger partial charge < -0.3 is 25.4 Å². The number of carbonyl (C=O) groups is 2. The molecule has 1 amide bonds. The smallest absolute Gasteiger partial charge is 0.340 e. The van der Waals surface area contributed by atoms with E-state index >= 15 is 0 Å². The Morgan fingerprint density at radius 2 is 1.82 bits per heavy atom. The number of nitrogens with two attached hydrogens (primary N) is 1. The van der Waals surface area contributed by atoms with Gasteiger partial charge in [0.15, 0.2) is 0 Å². The number of unbranched alkanes of at least 4 members (excludes halogenated alkanes) is 3. The molecular formula is C19H31Cl2N3O4. The standard InChI is InChI=1S/C19H29N3O4.2ClH/c1-25-19(24)16-14-15(22-10-12-26-13-11-22)7-8-17(16)21-18(23)6-4-2-3-5-9-20;;/h7-8,14H,2-6,9-13,20H2,1H3,(H,21,23);2*1H. The maximum absolute atomic E-state index is 12.2. The van der Waals surface area contributed by atoms with Crippen LogP contribution in [-0.4, -0.2) is 51.8 Å².